The molecule has 2 aromatic rings. The highest BCUT2D eigenvalue weighted by molar-refractivity contribution is 8.03. The largest absolute Gasteiger partial charge is 0.485 e. The van der Waals surface area contributed by atoms with Crippen LogP contribution in [0.25, 0.3) is 0 Å². The normalized spacial score (nSPS) is 14.4. The van der Waals surface area contributed by atoms with Gasteiger partial charge in [0.2, 0.25) is 5.78 Å². The van der Waals surface area contributed by atoms with Crippen LogP contribution in [0, 0.1) is 21.4 Å². The Morgan fingerprint density at radius 3 is 2.77 bits per heavy atom. The maximum atomic E-state index is 12.5. The zero-order chi connectivity index (χ0) is 18.7. The maximum Gasteiger partial charge on any atom is 0.273 e. The van der Waals surface area contributed by atoms with E-state index in [0.29, 0.717) is 5.03 Å². The average Bonchev–Trinajstić information content (AvgIpc) is 2.98. The van der Waals surface area contributed by atoms with Crippen LogP contribution in [0.15, 0.2) is 64.0 Å². The number of benzene rings is 2. The summed E-state index contributed by atoms with van der Waals surface area (Å²) in [5.74, 6) is -0.285. The van der Waals surface area contributed by atoms with Gasteiger partial charge < -0.3 is 9.64 Å². The van der Waals surface area contributed by atoms with Crippen LogP contribution in [-0.2, 0) is 4.79 Å². The molecule has 0 atom stereocenters. The fraction of sp³-hybridized carbons (Fsp3) is 0.111. The molecule has 2 aromatic carbocycles. The second-order valence-electron chi connectivity index (χ2n) is 5.39. The SMILES string of the molecule is CN1/C(=C(\C#N)C(=O)COc2cccc([N+](=O)[O-])c2)Sc2ccccc21. The molecule has 130 valence electrons. The first-order valence-electron chi connectivity index (χ1n) is 7.56. The van der Waals surface area contributed by atoms with E-state index in [0.717, 1.165) is 10.6 Å². The van der Waals surface area contributed by atoms with Crippen molar-refractivity contribution in [2.24, 2.45) is 0 Å². The average molecular weight is 367 g/mol. The van der Waals surface area contributed by atoms with Crippen molar-refractivity contribution in [1.29, 1.82) is 5.26 Å². The number of hydrogen-bond acceptors (Lipinski definition) is 7. The number of carbonyl (C=O) groups excluding carboxylic acids is 1. The van der Waals surface area contributed by atoms with Crippen LogP contribution < -0.4 is 9.64 Å². The van der Waals surface area contributed by atoms with Crippen LogP contribution >= 0.6 is 11.8 Å². The highest BCUT2D eigenvalue weighted by Crippen LogP contribution is 2.46. The van der Waals surface area contributed by atoms with E-state index in [9.17, 15) is 20.2 Å². The van der Waals surface area contributed by atoms with Crippen molar-refractivity contribution in [3.63, 3.8) is 0 Å². The van der Waals surface area contributed by atoms with Crippen molar-refractivity contribution < 1.29 is 14.5 Å². The third-order valence-corrected chi connectivity index (χ3v) is 4.98. The molecular formula is C18H13N3O4S. The number of nitrogens with zero attached hydrogens (tertiary/aromatic N) is 3. The highest BCUT2D eigenvalue weighted by atomic mass is 32.2. The number of anilines is 1. The van der Waals surface area contributed by atoms with Gasteiger partial charge in [-0.05, 0) is 18.2 Å². The molecule has 1 heterocycles. The van der Waals surface area contributed by atoms with E-state index >= 15 is 0 Å². The van der Waals surface area contributed by atoms with Gasteiger partial charge in [-0.2, -0.15) is 5.26 Å². The van der Waals surface area contributed by atoms with E-state index in [-0.39, 0.29) is 23.6 Å². The molecule has 26 heavy (non-hydrogen) atoms. The summed E-state index contributed by atoms with van der Waals surface area (Å²) in [6.45, 7) is -0.377. The number of non-ortho nitro benzene ring substituents is 1. The minimum absolute atomic E-state index is 0.000805. The molecule has 0 amide bonds. The smallest absolute Gasteiger partial charge is 0.273 e. The van der Waals surface area contributed by atoms with Gasteiger partial charge in [0.1, 0.15) is 22.4 Å². The molecule has 0 aromatic heterocycles. The summed E-state index contributed by atoms with van der Waals surface area (Å²) < 4.78 is 5.35. The summed E-state index contributed by atoms with van der Waals surface area (Å²) in [7, 11) is 1.79. The Morgan fingerprint density at radius 1 is 1.31 bits per heavy atom. The summed E-state index contributed by atoms with van der Waals surface area (Å²) in [6.07, 6.45) is 0. The van der Waals surface area contributed by atoms with Crippen molar-refractivity contribution in [2.75, 3.05) is 18.6 Å². The number of rotatable bonds is 5. The fourth-order valence-electron chi connectivity index (χ4n) is 2.46. The Hall–Kier alpha value is -3.31. The van der Waals surface area contributed by atoms with Gasteiger partial charge in [0.05, 0.1) is 16.7 Å². The predicted octanol–water partition coefficient (Wildman–Crippen LogP) is 3.52. The lowest BCUT2D eigenvalue weighted by Gasteiger charge is -2.14. The number of ketones is 1. The summed E-state index contributed by atoms with van der Waals surface area (Å²) in [5.41, 5.74) is 0.794. The Labute approximate surface area is 153 Å². The van der Waals surface area contributed by atoms with Crippen LogP contribution in [0.1, 0.15) is 0 Å². The molecule has 0 radical (unpaired) electrons. The van der Waals surface area contributed by atoms with E-state index in [1.807, 2.05) is 30.3 Å². The van der Waals surface area contributed by atoms with Crippen molar-refractivity contribution in [3.8, 4) is 11.8 Å². The minimum Gasteiger partial charge on any atom is -0.485 e. The molecule has 0 unspecified atom stereocenters. The lowest BCUT2D eigenvalue weighted by Crippen LogP contribution is -2.19. The van der Waals surface area contributed by atoms with Crippen LogP contribution in [0.2, 0.25) is 0 Å². The molecule has 7 nitrogen and oxygen atoms in total. The number of fused-ring (bicyclic) bond motifs is 1. The van der Waals surface area contributed by atoms with Crippen LogP contribution in [0.3, 0.4) is 0 Å². The third-order valence-electron chi connectivity index (χ3n) is 3.74. The van der Waals surface area contributed by atoms with Gasteiger partial charge >= 0.3 is 0 Å². The second kappa shape index (κ2) is 7.29. The number of nitro groups is 1. The highest BCUT2D eigenvalue weighted by Gasteiger charge is 2.28. The van der Waals surface area contributed by atoms with Crippen molar-refractivity contribution >= 4 is 28.9 Å². The Morgan fingerprint density at radius 2 is 2.08 bits per heavy atom. The first-order chi connectivity index (χ1) is 12.5. The van der Waals surface area contributed by atoms with E-state index in [4.69, 9.17) is 4.74 Å². The molecule has 0 aliphatic carbocycles. The van der Waals surface area contributed by atoms with E-state index in [2.05, 4.69) is 0 Å². The van der Waals surface area contributed by atoms with Crippen LogP contribution in [0.5, 0.6) is 5.75 Å². The molecule has 0 saturated carbocycles. The molecular weight excluding hydrogens is 354 g/mol. The number of hydrogen-bond donors (Lipinski definition) is 0. The number of nitriles is 1. The minimum atomic E-state index is -0.543. The van der Waals surface area contributed by atoms with E-state index < -0.39 is 10.7 Å². The Balaban J connectivity index is 1.78. The van der Waals surface area contributed by atoms with Crippen LogP contribution in [-0.4, -0.2) is 24.4 Å². The zero-order valence-electron chi connectivity index (χ0n) is 13.7. The predicted molar refractivity (Wildman–Crippen MR) is 96.9 cm³/mol. The lowest BCUT2D eigenvalue weighted by molar-refractivity contribution is -0.384. The number of Topliss-reactive ketones (excluding diaryl/α,β-unsaturated/α-hetero) is 1. The summed E-state index contributed by atoms with van der Waals surface area (Å²) >= 11 is 1.35. The van der Waals surface area contributed by atoms with Crippen molar-refractivity contribution in [1.82, 2.24) is 0 Å². The Bertz CT molecular complexity index is 965. The number of ether oxygens (including phenoxy) is 1. The van der Waals surface area contributed by atoms with Gasteiger partial charge in [-0.1, -0.05) is 30.0 Å². The lowest BCUT2D eigenvalue weighted by atomic mass is 10.2. The van der Waals surface area contributed by atoms with Gasteiger partial charge in [-0.3, -0.25) is 14.9 Å². The van der Waals surface area contributed by atoms with Crippen molar-refractivity contribution in [2.45, 2.75) is 4.90 Å². The quantitative estimate of drug-likeness (QED) is 0.345. The number of thioether (sulfide) groups is 1. The molecule has 3 rings (SSSR count). The zero-order valence-corrected chi connectivity index (χ0v) is 14.5. The fourth-order valence-corrected chi connectivity index (χ4v) is 3.62. The molecule has 0 fully saturated rings. The van der Waals surface area contributed by atoms with Gasteiger partial charge in [0, 0.05) is 18.0 Å². The summed E-state index contributed by atoms with van der Waals surface area (Å²) in [6, 6.07) is 15.1. The van der Waals surface area contributed by atoms with Gasteiger partial charge in [0.15, 0.2) is 6.61 Å². The first kappa shape index (κ1) is 17.5. The monoisotopic (exact) mass is 367 g/mol. The van der Waals surface area contributed by atoms with Gasteiger partial charge in [-0.15, -0.1) is 0 Å². The van der Waals surface area contributed by atoms with Gasteiger partial charge in [-0.25, -0.2) is 0 Å². The summed E-state index contributed by atoms with van der Waals surface area (Å²) in [4.78, 5) is 25.5. The molecule has 1 aliphatic rings. The number of carbonyl (C=O) groups is 1. The molecule has 0 saturated heterocycles. The van der Waals surface area contributed by atoms with Crippen LogP contribution in [0.4, 0.5) is 11.4 Å². The number of nitro benzene ring substituents is 1. The van der Waals surface area contributed by atoms with Gasteiger partial charge in [0.25, 0.3) is 5.69 Å². The van der Waals surface area contributed by atoms with Crippen molar-refractivity contribution in [3.05, 3.63) is 69.2 Å². The third kappa shape index (κ3) is 3.38. The second-order valence-corrected chi connectivity index (χ2v) is 6.42. The molecule has 0 spiro atoms. The molecule has 0 bridgehead atoms. The van der Waals surface area contributed by atoms with E-state index in [1.54, 1.807) is 11.9 Å². The molecule has 1 aliphatic heterocycles. The maximum absolute atomic E-state index is 12.5. The standard InChI is InChI=1S/C18H13N3O4S/c1-20-15-7-2-3-8-17(15)26-18(20)14(10-19)16(22)11-25-13-6-4-5-12(9-13)21(23)24/h2-9H,11H2,1H3/b18-14-. The molecule has 0 N–H and O–H groups in total. The number of para-hydroxylation sites is 1. The summed E-state index contributed by atoms with van der Waals surface area (Å²) in [5, 5.41) is 20.8. The van der Waals surface area contributed by atoms with E-state index in [1.165, 1.54) is 36.0 Å². The Kier molecular flexibility index (Phi) is 4.91. The topological polar surface area (TPSA) is 96.5 Å². The molecule has 8 heteroatoms. The first-order valence-corrected chi connectivity index (χ1v) is 8.38.